The Morgan fingerprint density at radius 1 is 1.50 bits per heavy atom. The minimum atomic E-state index is -0.992. The number of carbonyl (C=O) groups excluding carboxylic acids is 1. The van der Waals surface area contributed by atoms with E-state index in [9.17, 15) is 9.59 Å². The maximum absolute atomic E-state index is 12.1. The number of anilines is 1. The lowest BCUT2D eigenvalue weighted by atomic mass is 10.3. The first-order valence-electron chi connectivity index (χ1n) is 6.15. The van der Waals surface area contributed by atoms with E-state index in [0.717, 1.165) is 17.0 Å². The molecule has 0 unspecified atom stereocenters. The van der Waals surface area contributed by atoms with E-state index in [0.29, 0.717) is 10.8 Å². The summed E-state index contributed by atoms with van der Waals surface area (Å²) in [7, 11) is 0. The standard InChI is InChI=1S/C13H15N3O3S/c1-3-9-8(2)20-13(14-9)15-12(19)10-5-4-6-16(10)7-11(17)18/h4-6H,3,7H2,1-2H3,(H,17,18)(H,14,15,19). The highest BCUT2D eigenvalue weighted by Gasteiger charge is 2.15. The molecule has 7 heteroatoms. The van der Waals surface area contributed by atoms with Gasteiger partial charge in [-0.2, -0.15) is 0 Å². The van der Waals surface area contributed by atoms with Crippen molar-refractivity contribution in [2.75, 3.05) is 5.32 Å². The molecule has 106 valence electrons. The van der Waals surface area contributed by atoms with Gasteiger partial charge in [0.25, 0.3) is 5.91 Å². The first kappa shape index (κ1) is 14.3. The van der Waals surface area contributed by atoms with Gasteiger partial charge in [0.15, 0.2) is 5.13 Å². The number of hydrogen-bond donors (Lipinski definition) is 2. The number of carboxylic acids is 1. The molecule has 0 aromatic carbocycles. The zero-order valence-corrected chi connectivity index (χ0v) is 12.0. The first-order valence-corrected chi connectivity index (χ1v) is 6.97. The topological polar surface area (TPSA) is 84.2 Å². The van der Waals surface area contributed by atoms with Crippen molar-refractivity contribution in [3.63, 3.8) is 0 Å². The number of aryl methyl sites for hydroxylation is 2. The van der Waals surface area contributed by atoms with Gasteiger partial charge in [0.05, 0.1) is 5.69 Å². The highest BCUT2D eigenvalue weighted by Crippen LogP contribution is 2.22. The van der Waals surface area contributed by atoms with E-state index in [2.05, 4.69) is 10.3 Å². The summed E-state index contributed by atoms with van der Waals surface area (Å²) in [5.41, 5.74) is 1.27. The number of amides is 1. The number of rotatable bonds is 5. The monoisotopic (exact) mass is 293 g/mol. The Bertz CT molecular complexity index is 645. The van der Waals surface area contributed by atoms with Crippen molar-refractivity contribution < 1.29 is 14.7 Å². The fraction of sp³-hybridized carbons (Fsp3) is 0.308. The summed E-state index contributed by atoms with van der Waals surface area (Å²) in [5, 5.41) is 12.0. The minimum absolute atomic E-state index is 0.243. The van der Waals surface area contributed by atoms with Crippen molar-refractivity contribution in [2.45, 2.75) is 26.8 Å². The maximum atomic E-state index is 12.1. The van der Waals surface area contributed by atoms with Gasteiger partial charge in [0, 0.05) is 11.1 Å². The Labute approximate surface area is 120 Å². The Morgan fingerprint density at radius 2 is 2.25 bits per heavy atom. The summed E-state index contributed by atoms with van der Waals surface area (Å²) in [6.07, 6.45) is 2.38. The molecular formula is C13H15N3O3S. The summed E-state index contributed by atoms with van der Waals surface area (Å²) < 4.78 is 1.39. The summed E-state index contributed by atoms with van der Waals surface area (Å²) in [5.74, 6) is -1.35. The number of aliphatic carboxylic acids is 1. The van der Waals surface area contributed by atoms with Gasteiger partial charge in [-0.3, -0.25) is 14.9 Å². The molecule has 6 nitrogen and oxygen atoms in total. The van der Waals surface area contributed by atoms with E-state index in [1.54, 1.807) is 18.3 Å². The van der Waals surface area contributed by atoms with Crippen LogP contribution in [0.5, 0.6) is 0 Å². The van der Waals surface area contributed by atoms with Gasteiger partial charge in [-0.1, -0.05) is 6.92 Å². The van der Waals surface area contributed by atoms with Crippen LogP contribution in [0.25, 0.3) is 0 Å². The van der Waals surface area contributed by atoms with E-state index in [1.807, 2.05) is 13.8 Å². The Balaban J connectivity index is 2.15. The Kier molecular flexibility index (Phi) is 4.19. The number of nitrogens with zero attached hydrogens (tertiary/aromatic N) is 2. The third-order valence-corrected chi connectivity index (χ3v) is 3.74. The normalized spacial score (nSPS) is 10.5. The van der Waals surface area contributed by atoms with Gasteiger partial charge in [-0.05, 0) is 25.5 Å². The lowest BCUT2D eigenvalue weighted by molar-refractivity contribution is -0.137. The molecule has 0 fully saturated rings. The fourth-order valence-electron chi connectivity index (χ4n) is 1.87. The summed E-state index contributed by atoms with van der Waals surface area (Å²) in [6.45, 7) is 3.72. The van der Waals surface area contributed by atoms with Crippen LogP contribution < -0.4 is 5.32 Å². The molecule has 0 saturated carbocycles. The summed E-state index contributed by atoms with van der Waals surface area (Å²) >= 11 is 1.42. The molecule has 20 heavy (non-hydrogen) atoms. The van der Waals surface area contributed by atoms with Crippen molar-refractivity contribution in [3.05, 3.63) is 34.6 Å². The summed E-state index contributed by atoms with van der Waals surface area (Å²) in [4.78, 5) is 28.3. The van der Waals surface area contributed by atoms with Crippen LogP contribution in [0, 0.1) is 6.92 Å². The molecule has 2 rings (SSSR count). The van der Waals surface area contributed by atoms with E-state index in [4.69, 9.17) is 5.11 Å². The maximum Gasteiger partial charge on any atom is 0.323 e. The molecule has 0 spiro atoms. The van der Waals surface area contributed by atoms with E-state index in [1.165, 1.54) is 15.9 Å². The van der Waals surface area contributed by atoms with Crippen LogP contribution in [-0.2, 0) is 17.8 Å². The number of carbonyl (C=O) groups is 2. The number of hydrogen-bond acceptors (Lipinski definition) is 4. The van der Waals surface area contributed by atoms with Gasteiger partial charge in [0.2, 0.25) is 0 Å². The van der Waals surface area contributed by atoms with Crippen molar-refractivity contribution >= 4 is 28.3 Å². The van der Waals surface area contributed by atoms with Crippen LogP contribution in [0.15, 0.2) is 18.3 Å². The van der Waals surface area contributed by atoms with E-state index >= 15 is 0 Å². The van der Waals surface area contributed by atoms with Crippen LogP contribution in [0.3, 0.4) is 0 Å². The zero-order chi connectivity index (χ0) is 14.7. The first-order chi connectivity index (χ1) is 9.51. The quantitative estimate of drug-likeness (QED) is 0.884. The molecule has 1 amide bonds. The van der Waals surface area contributed by atoms with E-state index in [-0.39, 0.29) is 12.5 Å². The molecule has 0 bridgehead atoms. The van der Waals surface area contributed by atoms with Crippen molar-refractivity contribution in [1.29, 1.82) is 0 Å². The van der Waals surface area contributed by atoms with Crippen LogP contribution >= 0.6 is 11.3 Å². The second kappa shape index (κ2) is 5.87. The minimum Gasteiger partial charge on any atom is -0.480 e. The molecule has 0 aliphatic carbocycles. The number of aromatic nitrogens is 2. The van der Waals surface area contributed by atoms with Gasteiger partial charge in [-0.25, -0.2) is 4.98 Å². The summed E-state index contributed by atoms with van der Waals surface area (Å²) in [6, 6.07) is 3.22. The highest BCUT2D eigenvalue weighted by molar-refractivity contribution is 7.15. The molecule has 2 aromatic rings. The fourth-order valence-corrected chi connectivity index (χ4v) is 2.77. The second-order valence-electron chi connectivity index (χ2n) is 4.24. The van der Waals surface area contributed by atoms with Crippen LogP contribution in [-0.4, -0.2) is 26.5 Å². The molecule has 0 aliphatic heterocycles. The van der Waals surface area contributed by atoms with Crippen molar-refractivity contribution in [2.24, 2.45) is 0 Å². The molecule has 0 atom stereocenters. The molecule has 2 aromatic heterocycles. The largest absolute Gasteiger partial charge is 0.480 e. The Hall–Kier alpha value is -2.15. The van der Waals surface area contributed by atoms with Gasteiger partial charge >= 0.3 is 5.97 Å². The van der Waals surface area contributed by atoms with Gasteiger partial charge in [0.1, 0.15) is 12.2 Å². The lowest BCUT2D eigenvalue weighted by Gasteiger charge is -2.05. The van der Waals surface area contributed by atoms with Gasteiger partial charge < -0.3 is 9.67 Å². The highest BCUT2D eigenvalue weighted by atomic mass is 32.1. The number of nitrogens with one attached hydrogen (secondary N) is 1. The van der Waals surface area contributed by atoms with Crippen molar-refractivity contribution in [1.82, 2.24) is 9.55 Å². The molecule has 2 heterocycles. The smallest absolute Gasteiger partial charge is 0.323 e. The molecule has 0 saturated heterocycles. The van der Waals surface area contributed by atoms with E-state index < -0.39 is 5.97 Å². The molecule has 0 radical (unpaired) electrons. The molecular weight excluding hydrogens is 278 g/mol. The number of thiazole rings is 1. The average Bonchev–Trinajstić information content (AvgIpc) is 2.95. The van der Waals surface area contributed by atoms with Crippen molar-refractivity contribution in [3.8, 4) is 0 Å². The van der Waals surface area contributed by atoms with Crippen LogP contribution in [0.4, 0.5) is 5.13 Å². The zero-order valence-electron chi connectivity index (χ0n) is 11.2. The second-order valence-corrected chi connectivity index (χ2v) is 5.45. The SMILES string of the molecule is CCc1nc(NC(=O)c2cccn2CC(=O)O)sc1C. The third-order valence-electron chi connectivity index (χ3n) is 2.82. The molecule has 2 N–H and O–H groups in total. The predicted molar refractivity (Wildman–Crippen MR) is 76.3 cm³/mol. The number of carboxylic acid groups (broad SMARTS) is 1. The van der Waals surface area contributed by atoms with Crippen LogP contribution in [0.1, 0.15) is 28.0 Å². The lowest BCUT2D eigenvalue weighted by Crippen LogP contribution is -2.19. The third kappa shape index (κ3) is 3.05. The Morgan fingerprint density at radius 3 is 2.85 bits per heavy atom. The van der Waals surface area contributed by atoms with Crippen LogP contribution in [0.2, 0.25) is 0 Å². The molecule has 0 aliphatic rings. The predicted octanol–water partition coefficient (Wildman–Crippen LogP) is 2.15. The van der Waals surface area contributed by atoms with Gasteiger partial charge in [-0.15, -0.1) is 11.3 Å². The average molecular weight is 293 g/mol.